The molecule has 2 aromatic heterocycles. The van der Waals surface area contributed by atoms with E-state index in [0.717, 1.165) is 65.7 Å². The van der Waals surface area contributed by atoms with Gasteiger partial charge in [-0.15, -0.1) is 0 Å². The van der Waals surface area contributed by atoms with Gasteiger partial charge in [-0.05, 0) is 44.5 Å². The summed E-state index contributed by atoms with van der Waals surface area (Å²) in [5, 5.41) is 6.27. The van der Waals surface area contributed by atoms with Gasteiger partial charge in [0, 0.05) is 36.9 Å². The van der Waals surface area contributed by atoms with E-state index in [4.69, 9.17) is 16.3 Å². The van der Waals surface area contributed by atoms with E-state index in [1.54, 1.807) is 13.4 Å². The predicted molar refractivity (Wildman–Crippen MR) is 127 cm³/mol. The van der Waals surface area contributed by atoms with Crippen LogP contribution in [0.15, 0.2) is 48.4 Å². The number of nitrogens with zero attached hydrogens (tertiary/aromatic N) is 6. The van der Waals surface area contributed by atoms with Crippen molar-refractivity contribution in [1.82, 2.24) is 19.7 Å². The lowest BCUT2D eigenvalue weighted by Gasteiger charge is -2.37. The highest BCUT2D eigenvalue weighted by molar-refractivity contribution is 6.30. The van der Waals surface area contributed by atoms with Gasteiger partial charge in [0.05, 0.1) is 24.4 Å². The molecule has 162 valence electrons. The molecule has 31 heavy (non-hydrogen) atoms. The van der Waals surface area contributed by atoms with Gasteiger partial charge in [-0.1, -0.05) is 23.8 Å². The van der Waals surface area contributed by atoms with Crippen LogP contribution in [0.25, 0.3) is 16.7 Å². The number of rotatable bonds is 5. The lowest BCUT2D eigenvalue weighted by molar-refractivity contribution is 0.413. The minimum absolute atomic E-state index is 0.708. The highest BCUT2D eigenvalue weighted by atomic mass is 35.5. The highest BCUT2D eigenvalue weighted by Gasteiger charge is 2.23. The fourth-order valence-electron chi connectivity index (χ4n) is 3.94. The first-order valence-electron chi connectivity index (χ1n) is 10.4. The van der Waals surface area contributed by atoms with Gasteiger partial charge in [0.25, 0.3) is 0 Å². The van der Waals surface area contributed by atoms with Crippen molar-refractivity contribution in [2.24, 2.45) is 0 Å². The van der Waals surface area contributed by atoms with E-state index in [1.807, 2.05) is 42.1 Å². The van der Waals surface area contributed by atoms with Crippen LogP contribution in [-0.2, 0) is 0 Å². The Hall–Kier alpha value is -3.06. The molecule has 1 saturated heterocycles. The highest BCUT2D eigenvalue weighted by Crippen LogP contribution is 2.33. The second-order valence-electron chi connectivity index (χ2n) is 7.55. The van der Waals surface area contributed by atoms with Gasteiger partial charge < -0.3 is 14.5 Å². The van der Waals surface area contributed by atoms with Gasteiger partial charge in [-0.25, -0.2) is 14.6 Å². The molecule has 0 amide bonds. The molecule has 0 bridgehead atoms. The summed E-state index contributed by atoms with van der Waals surface area (Å²) in [6.45, 7) is 9.50. The van der Waals surface area contributed by atoms with Crippen molar-refractivity contribution in [3.8, 4) is 5.75 Å². The van der Waals surface area contributed by atoms with Gasteiger partial charge in [0.1, 0.15) is 17.9 Å². The van der Waals surface area contributed by atoms with E-state index in [1.165, 1.54) is 0 Å². The van der Waals surface area contributed by atoms with Gasteiger partial charge in [0.2, 0.25) is 0 Å². The monoisotopic (exact) mass is 438 g/mol. The molecule has 8 heteroatoms. The van der Waals surface area contributed by atoms with Crippen LogP contribution in [0.1, 0.15) is 20.8 Å². The Morgan fingerprint density at radius 3 is 2.55 bits per heavy atom. The van der Waals surface area contributed by atoms with E-state index < -0.39 is 0 Å². The first kappa shape index (κ1) is 21.2. The zero-order chi connectivity index (χ0) is 22.0. The van der Waals surface area contributed by atoms with Crippen LogP contribution in [0.4, 0.5) is 11.5 Å². The number of halogens is 1. The number of fused-ring (bicyclic) bond motifs is 1. The maximum absolute atomic E-state index is 6.23. The molecular formula is C23H27ClN6O. The van der Waals surface area contributed by atoms with Crippen LogP contribution in [0.5, 0.6) is 5.75 Å². The molecule has 0 aliphatic carbocycles. The second kappa shape index (κ2) is 8.98. The first-order valence-corrected chi connectivity index (χ1v) is 10.7. The number of aromatic nitrogens is 4. The Kier molecular flexibility index (Phi) is 6.13. The second-order valence-corrected chi connectivity index (χ2v) is 7.99. The normalized spacial score (nSPS) is 15.6. The fraction of sp³-hybridized carbons (Fsp3) is 0.348. The topological polar surface area (TPSA) is 59.3 Å². The lowest BCUT2D eigenvalue weighted by atomic mass is 10.2. The number of anilines is 2. The number of methoxy groups -OCH3 is 1. The van der Waals surface area contributed by atoms with Crippen molar-refractivity contribution in [3.05, 3.63) is 53.5 Å². The van der Waals surface area contributed by atoms with Gasteiger partial charge in [0.15, 0.2) is 5.65 Å². The van der Waals surface area contributed by atoms with Crippen molar-refractivity contribution in [2.75, 3.05) is 43.1 Å². The van der Waals surface area contributed by atoms with Crippen LogP contribution in [0, 0.1) is 0 Å². The maximum atomic E-state index is 6.23. The molecule has 1 aromatic carbocycles. The van der Waals surface area contributed by atoms with Crippen molar-refractivity contribution in [3.63, 3.8) is 0 Å². The third kappa shape index (κ3) is 4.10. The predicted octanol–water partition coefficient (Wildman–Crippen LogP) is 4.64. The number of piperazine rings is 1. The maximum Gasteiger partial charge on any atom is 0.167 e. The van der Waals surface area contributed by atoms with E-state index in [9.17, 15) is 0 Å². The SMILES string of the molecule is C/C=C\C(C)=C(/C)n1ncc2c(N3CCN(c4cc(Cl)ccc4OC)CC3)ncnc21. The molecule has 3 aromatic rings. The summed E-state index contributed by atoms with van der Waals surface area (Å²) in [7, 11) is 1.69. The van der Waals surface area contributed by atoms with Crippen molar-refractivity contribution in [1.29, 1.82) is 0 Å². The van der Waals surface area contributed by atoms with Crippen LogP contribution in [0.2, 0.25) is 5.02 Å². The minimum Gasteiger partial charge on any atom is -0.495 e. The van der Waals surface area contributed by atoms with Crippen LogP contribution < -0.4 is 14.5 Å². The summed E-state index contributed by atoms with van der Waals surface area (Å²) in [6.07, 6.45) is 7.59. The summed E-state index contributed by atoms with van der Waals surface area (Å²) in [5.74, 6) is 1.76. The quantitative estimate of drug-likeness (QED) is 0.541. The number of hydrogen-bond donors (Lipinski definition) is 0. The molecule has 0 radical (unpaired) electrons. The molecule has 0 unspecified atom stereocenters. The van der Waals surface area contributed by atoms with Crippen LogP contribution in [0.3, 0.4) is 0 Å². The fourth-order valence-corrected chi connectivity index (χ4v) is 4.10. The van der Waals surface area contributed by atoms with Crippen molar-refractivity contribution < 1.29 is 4.74 Å². The summed E-state index contributed by atoms with van der Waals surface area (Å²) in [5.41, 5.74) is 4.05. The lowest BCUT2D eigenvalue weighted by Crippen LogP contribution is -2.47. The zero-order valence-electron chi connectivity index (χ0n) is 18.3. The third-order valence-electron chi connectivity index (χ3n) is 5.71. The van der Waals surface area contributed by atoms with Crippen molar-refractivity contribution >= 4 is 39.8 Å². The van der Waals surface area contributed by atoms with Gasteiger partial charge >= 0.3 is 0 Å². The van der Waals surface area contributed by atoms with E-state index >= 15 is 0 Å². The molecule has 3 heterocycles. The zero-order valence-corrected chi connectivity index (χ0v) is 19.1. The smallest absolute Gasteiger partial charge is 0.167 e. The Balaban J connectivity index is 1.59. The molecule has 0 saturated carbocycles. The number of benzene rings is 1. The number of allylic oxidation sites excluding steroid dienone is 4. The standard InChI is InChI=1S/C23H27ClN6O/c1-5-6-16(2)17(3)30-23-19(14-27-30)22(25-15-26-23)29-11-9-28(10-12-29)20-13-18(24)7-8-21(20)31-4/h5-8,13-15H,9-12H2,1-4H3/b6-5-,17-16+. The number of hydrogen-bond acceptors (Lipinski definition) is 6. The molecule has 4 rings (SSSR count). The van der Waals surface area contributed by atoms with Crippen molar-refractivity contribution in [2.45, 2.75) is 20.8 Å². The van der Waals surface area contributed by atoms with Crippen LogP contribution >= 0.6 is 11.6 Å². The molecule has 0 atom stereocenters. The summed E-state index contributed by atoms with van der Waals surface area (Å²) in [6, 6.07) is 5.73. The Bertz CT molecular complexity index is 1140. The summed E-state index contributed by atoms with van der Waals surface area (Å²) >= 11 is 6.23. The largest absolute Gasteiger partial charge is 0.495 e. The Morgan fingerprint density at radius 1 is 1.10 bits per heavy atom. The molecule has 0 spiro atoms. The number of ether oxygens (including phenoxy) is 1. The summed E-state index contributed by atoms with van der Waals surface area (Å²) < 4.78 is 7.42. The first-order chi connectivity index (χ1) is 15.0. The molecule has 0 N–H and O–H groups in total. The van der Waals surface area contributed by atoms with Gasteiger partial charge in [-0.2, -0.15) is 5.10 Å². The van der Waals surface area contributed by atoms with E-state index in [0.29, 0.717) is 5.02 Å². The minimum atomic E-state index is 0.708. The van der Waals surface area contributed by atoms with E-state index in [2.05, 4.69) is 44.8 Å². The average Bonchev–Trinajstić information content (AvgIpc) is 3.23. The Labute approximate surface area is 187 Å². The molecule has 7 nitrogen and oxygen atoms in total. The summed E-state index contributed by atoms with van der Waals surface area (Å²) in [4.78, 5) is 13.7. The molecule has 1 aliphatic heterocycles. The molecule has 1 fully saturated rings. The Morgan fingerprint density at radius 2 is 1.84 bits per heavy atom. The van der Waals surface area contributed by atoms with E-state index in [-0.39, 0.29) is 0 Å². The third-order valence-corrected chi connectivity index (χ3v) is 5.95. The molecule has 1 aliphatic rings. The van der Waals surface area contributed by atoms with Crippen LogP contribution in [-0.4, -0.2) is 53.0 Å². The average molecular weight is 439 g/mol. The molecular weight excluding hydrogens is 412 g/mol. The van der Waals surface area contributed by atoms with Gasteiger partial charge in [-0.3, -0.25) is 0 Å².